The van der Waals surface area contributed by atoms with Gasteiger partial charge in [-0.25, -0.2) is 14.8 Å². The summed E-state index contributed by atoms with van der Waals surface area (Å²) in [6, 6.07) is 21.5. The Labute approximate surface area is 297 Å². The average molecular weight is 684 g/mol. The Kier molecular flexibility index (Phi) is 7.76. The minimum atomic E-state index is -0.657. The minimum absolute atomic E-state index is 0.0692. The molecule has 2 aromatic heterocycles. The number of rotatable bonds is 8. The number of methoxy groups -OCH3 is 1. The smallest absolute Gasteiger partial charge is 0.407 e. The van der Waals surface area contributed by atoms with Crippen LogP contribution in [0.2, 0.25) is 0 Å². The molecule has 2 bridgehead atoms. The van der Waals surface area contributed by atoms with Gasteiger partial charge in [0.15, 0.2) is 0 Å². The molecule has 51 heavy (non-hydrogen) atoms. The molecule has 262 valence electrons. The van der Waals surface area contributed by atoms with E-state index in [1.807, 2.05) is 31.1 Å². The Morgan fingerprint density at radius 2 is 1.51 bits per heavy atom. The van der Waals surface area contributed by atoms with Gasteiger partial charge in [0, 0.05) is 18.2 Å². The Morgan fingerprint density at radius 1 is 0.863 bits per heavy atom. The van der Waals surface area contributed by atoms with Crippen LogP contribution in [0.5, 0.6) is 0 Å². The fourth-order valence-electron chi connectivity index (χ4n) is 8.91. The number of carbonyl (C=O) groups excluding carboxylic acids is 2. The fraction of sp³-hybridized carbons (Fsp3) is 0.415. The maximum Gasteiger partial charge on any atom is 0.407 e. The van der Waals surface area contributed by atoms with Gasteiger partial charge in [-0.3, -0.25) is 4.79 Å². The monoisotopic (exact) mass is 683 g/mol. The maximum atomic E-state index is 13.9. The molecule has 2 amide bonds. The van der Waals surface area contributed by atoms with Crippen molar-refractivity contribution in [1.82, 2.24) is 35.5 Å². The number of fused-ring (bicyclic) bond motifs is 3. The summed E-state index contributed by atoms with van der Waals surface area (Å²) in [5.74, 6) is 2.04. The topological polar surface area (TPSA) is 128 Å². The summed E-state index contributed by atoms with van der Waals surface area (Å²) in [7, 11) is 1.32. The van der Waals surface area contributed by atoms with Crippen LogP contribution in [0.1, 0.15) is 76.1 Å². The van der Waals surface area contributed by atoms with E-state index in [-0.39, 0.29) is 23.9 Å². The lowest BCUT2D eigenvalue weighted by atomic mass is 9.95. The molecular weight excluding hydrogens is 638 g/mol. The number of aromatic nitrogens is 4. The van der Waals surface area contributed by atoms with Crippen molar-refractivity contribution in [2.24, 2.45) is 17.3 Å². The number of benzene rings is 3. The Morgan fingerprint density at radius 3 is 2.22 bits per heavy atom. The van der Waals surface area contributed by atoms with Crippen molar-refractivity contribution < 1.29 is 14.3 Å². The van der Waals surface area contributed by atoms with Crippen LogP contribution in [0.15, 0.2) is 73.1 Å². The highest BCUT2D eigenvalue weighted by atomic mass is 16.5. The summed E-state index contributed by atoms with van der Waals surface area (Å²) in [5.41, 5.74) is 7.03. The first-order chi connectivity index (χ1) is 24.8. The second-order valence-corrected chi connectivity index (χ2v) is 15.6. The van der Waals surface area contributed by atoms with Crippen LogP contribution in [0.25, 0.3) is 44.4 Å². The molecule has 2 aliphatic heterocycles. The number of amides is 2. The zero-order valence-electron chi connectivity index (χ0n) is 29.4. The molecule has 5 aromatic rings. The van der Waals surface area contributed by atoms with Crippen LogP contribution in [-0.4, -0.2) is 62.6 Å². The number of aromatic amines is 2. The van der Waals surface area contributed by atoms with Crippen LogP contribution >= 0.6 is 0 Å². The van der Waals surface area contributed by atoms with E-state index in [9.17, 15) is 9.59 Å². The molecule has 4 aliphatic rings. The summed E-state index contributed by atoms with van der Waals surface area (Å²) < 4.78 is 4.82. The van der Waals surface area contributed by atoms with Crippen molar-refractivity contribution in [2.75, 3.05) is 13.7 Å². The van der Waals surface area contributed by atoms with Crippen molar-refractivity contribution in [3.8, 4) is 33.6 Å². The third-order valence-electron chi connectivity index (χ3n) is 12.0. The molecule has 4 N–H and O–H groups in total. The van der Waals surface area contributed by atoms with Crippen molar-refractivity contribution in [2.45, 2.75) is 76.5 Å². The quantitative estimate of drug-likeness (QED) is 0.134. The van der Waals surface area contributed by atoms with Crippen molar-refractivity contribution in [3.63, 3.8) is 0 Å². The number of nitrogens with zero attached hydrogens (tertiary/aromatic N) is 3. The van der Waals surface area contributed by atoms with Crippen LogP contribution in [0.3, 0.4) is 0 Å². The standard InChI is InChI=1S/C41H45N7O3/c1-23(2)35(47-40(50)51-3)39(49)48-31-13-12-30(18-31)36(48)38-43-21-34(46-38)29-11-10-27-16-26(8-9-28(27)17-29)24-4-6-25(7-5-24)33-20-42-37(45-33)32-19-41(14-15-41)22-44-32/h4-11,16-17,20-21,23,30-32,35-36,44H,12-15,18-19,22H2,1-3H3,(H,42,45)(H,43,46)(H,47,50)/t30-,31+,32-,35-,36?/m0/s1. The first kappa shape index (κ1) is 32.0. The van der Waals surface area contributed by atoms with E-state index in [1.54, 1.807) is 0 Å². The zero-order valence-corrected chi connectivity index (χ0v) is 29.4. The molecule has 1 spiro atoms. The molecule has 5 atom stereocenters. The lowest BCUT2D eigenvalue weighted by Gasteiger charge is -2.37. The third kappa shape index (κ3) is 5.79. The number of ether oxygens (including phenoxy) is 1. The van der Waals surface area contributed by atoms with Gasteiger partial charge >= 0.3 is 6.09 Å². The highest BCUT2D eigenvalue weighted by Gasteiger charge is 2.52. The molecule has 9 rings (SSSR count). The summed E-state index contributed by atoms with van der Waals surface area (Å²) in [6.45, 7) is 5.00. The molecule has 3 aromatic carbocycles. The second kappa shape index (κ2) is 12.4. The minimum Gasteiger partial charge on any atom is -0.453 e. The summed E-state index contributed by atoms with van der Waals surface area (Å²) in [5, 5.41) is 8.74. The molecule has 2 saturated carbocycles. The van der Waals surface area contributed by atoms with Gasteiger partial charge in [0.2, 0.25) is 5.91 Å². The number of H-pyrrole nitrogens is 2. The number of alkyl carbamates (subject to hydrolysis) is 1. The van der Waals surface area contributed by atoms with Gasteiger partial charge in [0.1, 0.15) is 17.7 Å². The normalized spacial score (nSPS) is 23.7. The van der Waals surface area contributed by atoms with Gasteiger partial charge in [-0.2, -0.15) is 0 Å². The van der Waals surface area contributed by atoms with E-state index in [2.05, 4.69) is 81.3 Å². The number of imidazole rings is 2. The lowest BCUT2D eigenvalue weighted by molar-refractivity contribution is -0.139. The van der Waals surface area contributed by atoms with Crippen LogP contribution in [-0.2, 0) is 9.53 Å². The second-order valence-electron chi connectivity index (χ2n) is 15.6. The zero-order chi connectivity index (χ0) is 34.9. The van der Waals surface area contributed by atoms with Gasteiger partial charge in [-0.05, 0) is 95.4 Å². The fourth-order valence-corrected chi connectivity index (χ4v) is 8.91. The number of nitrogens with one attached hydrogen (secondary N) is 4. The van der Waals surface area contributed by atoms with Crippen LogP contribution in [0, 0.1) is 17.3 Å². The number of hydrogen-bond acceptors (Lipinski definition) is 6. The van der Waals surface area contributed by atoms with E-state index in [1.165, 1.54) is 42.9 Å². The maximum absolute atomic E-state index is 13.9. The molecule has 0 radical (unpaired) electrons. The van der Waals surface area contributed by atoms with Crippen molar-refractivity contribution in [1.29, 1.82) is 0 Å². The van der Waals surface area contributed by atoms with E-state index < -0.39 is 12.1 Å². The molecular formula is C41H45N7O3. The predicted octanol–water partition coefficient (Wildman–Crippen LogP) is 7.53. The molecule has 2 saturated heterocycles. The van der Waals surface area contributed by atoms with E-state index in [0.717, 1.165) is 65.4 Å². The first-order valence-electron chi connectivity index (χ1n) is 18.4. The van der Waals surface area contributed by atoms with Crippen molar-refractivity contribution >= 4 is 22.8 Å². The Hall–Kier alpha value is -4.96. The predicted molar refractivity (Wildman–Crippen MR) is 196 cm³/mol. The number of hydrogen-bond donors (Lipinski definition) is 4. The SMILES string of the molecule is COC(=O)N[C@H](C(=O)N1C(c2ncc(-c3ccc4cc(-c5ccc(-c6cnc([C@@H]7CC8(CC8)CN7)[nH]6)cc5)ccc4c3)[nH]2)[C@H]2CC[C@@H]1C2)C(C)C. The highest BCUT2D eigenvalue weighted by molar-refractivity contribution is 5.91. The van der Waals surface area contributed by atoms with Gasteiger partial charge in [0.25, 0.3) is 0 Å². The Bertz CT molecular complexity index is 2110. The summed E-state index contributed by atoms with van der Waals surface area (Å²) in [6.07, 6.45) is 10.1. The largest absolute Gasteiger partial charge is 0.453 e. The Balaban J connectivity index is 0.913. The van der Waals surface area contributed by atoms with Crippen LogP contribution in [0.4, 0.5) is 4.79 Å². The van der Waals surface area contributed by atoms with Gasteiger partial charge < -0.3 is 30.2 Å². The molecule has 10 nitrogen and oxygen atoms in total. The van der Waals surface area contributed by atoms with Gasteiger partial charge in [-0.1, -0.05) is 62.4 Å². The van der Waals surface area contributed by atoms with E-state index in [4.69, 9.17) is 14.7 Å². The van der Waals surface area contributed by atoms with Crippen molar-refractivity contribution in [3.05, 3.63) is 84.7 Å². The molecule has 1 unspecified atom stereocenters. The molecule has 2 aliphatic carbocycles. The molecule has 4 fully saturated rings. The van der Waals surface area contributed by atoms with E-state index >= 15 is 0 Å². The molecule has 10 heteroatoms. The third-order valence-corrected chi connectivity index (χ3v) is 12.0. The number of likely N-dealkylation sites (tertiary alicyclic amines) is 1. The lowest BCUT2D eigenvalue weighted by Crippen LogP contribution is -2.54. The first-order valence-corrected chi connectivity index (χ1v) is 18.4. The van der Waals surface area contributed by atoms with Crippen LogP contribution < -0.4 is 10.6 Å². The van der Waals surface area contributed by atoms with Gasteiger partial charge in [0.05, 0.1) is 43.0 Å². The summed E-state index contributed by atoms with van der Waals surface area (Å²) in [4.78, 5) is 44.7. The number of carbonyl (C=O) groups is 2. The number of piperidine rings is 1. The summed E-state index contributed by atoms with van der Waals surface area (Å²) >= 11 is 0. The highest BCUT2D eigenvalue weighted by Crippen LogP contribution is 2.54. The average Bonchev–Trinajstić information content (AvgIpc) is 3.79. The van der Waals surface area contributed by atoms with E-state index in [0.29, 0.717) is 17.4 Å². The van der Waals surface area contributed by atoms with Gasteiger partial charge in [-0.15, -0.1) is 0 Å². The molecule has 4 heterocycles.